The number of aliphatic carboxylic acids is 1. The van der Waals surface area contributed by atoms with Crippen LogP contribution in [0.2, 0.25) is 0 Å². The summed E-state index contributed by atoms with van der Waals surface area (Å²) >= 11 is 0. The molecule has 0 radical (unpaired) electrons. The van der Waals surface area contributed by atoms with E-state index in [2.05, 4.69) is 4.98 Å². The molecule has 0 unspecified atom stereocenters. The molecule has 1 aliphatic heterocycles. The molecule has 1 amide bonds. The van der Waals surface area contributed by atoms with Crippen LogP contribution in [0.1, 0.15) is 16.8 Å². The zero-order valence-electron chi connectivity index (χ0n) is 9.35. The smallest absolute Gasteiger partial charge is 0.326 e. The van der Waals surface area contributed by atoms with E-state index in [4.69, 9.17) is 5.11 Å². The SMILES string of the molecule is O=C(O)[C@H]1C[C@@H](O)CN1C(=O)c1cncc(O)c1. The van der Waals surface area contributed by atoms with E-state index in [-0.39, 0.29) is 24.3 Å². The Labute approximate surface area is 102 Å². The van der Waals surface area contributed by atoms with Crippen molar-refractivity contribution >= 4 is 11.9 Å². The van der Waals surface area contributed by atoms with E-state index >= 15 is 0 Å². The lowest BCUT2D eigenvalue weighted by atomic mass is 10.2. The summed E-state index contributed by atoms with van der Waals surface area (Å²) in [5, 5.41) is 27.7. The first kappa shape index (κ1) is 12.3. The van der Waals surface area contributed by atoms with Crippen LogP contribution in [0.5, 0.6) is 5.75 Å². The Morgan fingerprint density at radius 3 is 2.72 bits per heavy atom. The van der Waals surface area contributed by atoms with Crippen molar-refractivity contribution < 1.29 is 24.9 Å². The number of likely N-dealkylation sites (tertiary alicyclic amines) is 1. The van der Waals surface area contributed by atoms with Crippen LogP contribution < -0.4 is 0 Å². The van der Waals surface area contributed by atoms with Gasteiger partial charge < -0.3 is 20.2 Å². The van der Waals surface area contributed by atoms with Crippen molar-refractivity contribution in [2.45, 2.75) is 18.6 Å². The number of carbonyl (C=O) groups excluding carboxylic acids is 1. The van der Waals surface area contributed by atoms with E-state index in [0.717, 1.165) is 4.90 Å². The monoisotopic (exact) mass is 252 g/mol. The molecule has 3 N–H and O–H groups in total. The van der Waals surface area contributed by atoms with Gasteiger partial charge in [-0.1, -0.05) is 0 Å². The van der Waals surface area contributed by atoms with E-state index < -0.39 is 24.0 Å². The van der Waals surface area contributed by atoms with Gasteiger partial charge in [-0.15, -0.1) is 0 Å². The van der Waals surface area contributed by atoms with Crippen molar-refractivity contribution in [2.75, 3.05) is 6.54 Å². The molecular formula is C11H12N2O5. The van der Waals surface area contributed by atoms with Gasteiger partial charge in [-0.05, 0) is 6.07 Å². The first-order valence-corrected chi connectivity index (χ1v) is 5.35. The normalized spacial score (nSPS) is 23.1. The summed E-state index contributed by atoms with van der Waals surface area (Å²) in [4.78, 5) is 27.8. The molecule has 18 heavy (non-hydrogen) atoms. The molecule has 0 aromatic carbocycles. The molecule has 2 heterocycles. The van der Waals surface area contributed by atoms with Crippen molar-refractivity contribution in [3.8, 4) is 5.75 Å². The van der Waals surface area contributed by atoms with Crippen molar-refractivity contribution in [1.29, 1.82) is 0 Å². The van der Waals surface area contributed by atoms with Crippen LogP contribution in [0.25, 0.3) is 0 Å². The van der Waals surface area contributed by atoms with Gasteiger partial charge in [0.05, 0.1) is 17.9 Å². The average molecular weight is 252 g/mol. The largest absolute Gasteiger partial charge is 0.506 e. The first-order chi connectivity index (χ1) is 8.49. The standard InChI is InChI=1S/C11H12N2O5/c14-7-1-6(3-12-4-7)10(16)13-5-8(15)2-9(13)11(17)18/h1,3-4,8-9,14-15H,2,5H2,(H,17,18)/t8-,9-/m1/s1. The highest BCUT2D eigenvalue weighted by atomic mass is 16.4. The van der Waals surface area contributed by atoms with Crippen LogP contribution in [-0.2, 0) is 4.79 Å². The van der Waals surface area contributed by atoms with Crippen molar-refractivity contribution in [2.24, 2.45) is 0 Å². The summed E-state index contributed by atoms with van der Waals surface area (Å²) in [6.45, 7) is -0.0363. The maximum atomic E-state index is 12.1. The average Bonchev–Trinajstić information content (AvgIpc) is 2.70. The maximum Gasteiger partial charge on any atom is 0.326 e. The Balaban J connectivity index is 2.25. The molecule has 1 aliphatic rings. The quantitative estimate of drug-likeness (QED) is 0.651. The van der Waals surface area contributed by atoms with Gasteiger partial charge in [0.15, 0.2) is 0 Å². The molecule has 7 nitrogen and oxygen atoms in total. The molecule has 96 valence electrons. The molecule has 7 heteroatoms. The summed E-state index contributed by atoms with van der Waals surface area (Å²) in [6.07, 6.45) is 1.57. The van der Waals surface area contributed by atoms with Crippen molar-refractivity contribution in [1.82, 2.24) is 9.88 Å². The van der Waals surface area contributed by atoms with E-state index in [9.17, 15) is 19.8 Å². The minimum absolute atomic E-state index is 0.00726. The Morgan fingerprint density at radius 2 is 2.11 bits per heavy atom. The van der Waals surface area contributed by atoms with Gasteiger partial charge in [0.2, 0.25) is 0 Å². The third-order valence-corrected chi connectivity index (χ3v) is 2.80. The van der Waals surface area contributed by atoms with E-state index in [1.54, 1.807) is 0 Å². The van der Waals surface area contributed by atoms with Crippen molar-refractivity contribution in [3.05, 3.63) is 24.0 Å². The zero-order valence-corrected chi connectivity index (χ0v) is 9.35. The Kier molecular flexibility index (Phi) is 3.15. The van der Waals surface area contributed by atoms with E-state index in [0.29, 0.717) is 0 Å². The molecule has 2 atom stereocenters. The van der Waals surface area contributed by atoms with Gasteiger partial charge in [-0.25, -0.2) is 4.79 Å². The number of hydrogen-bond donors (Lipinski definition) is 3. The lowest BCUT2D eigenvalue weighted by Crippen LogP contribution is -2.40. The number of aliphatic hydroxyl groups excluding tert-OH is 1. The first-order valence-electron chi connectivity index (χ1n) is 5.35. The number of carbonyl (C=O) groups is 2. The van der Waals surface area contributed by atoms with Gasteiger partial charge in [0.25, 0.3) is 5.91 Å². The minimum atomic E-state index is -1.16. The van der Waals surface area contributed by atoms with Crippen LogP contribution in [0.15, 0.2) is 18.5 Å². The number of pyridine rings is 1. The fourth-order valence-corrected chi connectivity index (χ4v) is 1.98. The van der Waals surface area contributed by atoms with Gasteiger partial charge in [0, 0.05) is 19.2 Å². The lowest BCUT2D eigenvalue weighted by molar-refractivity contribution is -0.141. The third-order valence-electron chi connectivity index (χ3n) is 2.80. The van der Waals surface area contributed by atoms with Gasteiger partial charge in [-0.2, -0.15) is 0 Å². The number of β-amino-alcohol motifs (C(OH)–C–C–N with tert-alkyl or cyclic N) is 1. The number of nitrogens with zero attached hydrogens (tertiary/aromatic N) is 2. The number of aromatic hydroxyl groups is 1. The summed E-state index contributed by atoms with van der Waals surface area (Å²) < 4.78 is 0. The molecule has 1 aromatic heterocycles. The predicted molar refractivity (Wildman–Crippen MR) is 59.0 cm³/mol. The van der Waals surface area contributed by atoms with Gasteiger partial charge in [-0.3, -0.25) is 9.78 Å². The number of amides is 1. The second-order valence-corrected chi connectivity index (χ2v) is 4.13. The number of aliphatic hydroxyl groups is 1. The molecule has 1 saturated heterocycles. The second kappa shape index (κ2) is 4.61. The molecule has 0 spiro atoms. The third kappa shape index (κ3) is 2.25. The predicted octanol–water partition coefficient (Wildman–Crippen LogP) is -0.553. The number of carboxylic acid groups (broad SMARTS) is 1. The Hall–Kier alpha value is -2.15. The van der Waals surface area contributed by atoms with Crippen LogP contribution in [0, 0.1) is 0 Å². The molecular weight excluding hydrogens is 240 g/mol. The highest BCUT2D eigenvalue weighted by Crippen LogP contribution is 2.21. The highest BCUT2D eigenvalue weighted by molar-refractivity contribution is 5.97. The highest BCUT2D eigenvalue weighted by Gasteiger charge is 2.39. The summed E-state index contributed by atoms with van der Waals surface area (Å²) in [6, 6.07) is 0.161. The van der Waals surface area contributed by atoms with Crippen LogP contribution in [0.3, 0.4) is 0 Å². The van der Waals surface area contributed by atoms with Crippen LogP contribution >= 0.6 is 0 Å². The number of carboxylic acids is 1. The number of rotatable bonds is 2. The minimum Gasteiger partial charge on any atom is -0.506 e. The molecule has 0 aliphatic carbocycles. The van der Waals surface area contributed by atoms with Crippen LogP contribution in [-0.4, -0.2) is 55.8 Å². The number of aromatic nitrogens is 1. The molecule has 2 rings (SSSR count). The van der Waals surface area contributed by atoms with Gasteiger partial charge in [0.1, 0.15) is 11.8 Å². The summed E-state index contributed by atoms with van der Waals surface area (Å²) in [5.74, 6) is -1.90. The second-order valence-electron chi connectivity index (χ2n) is 4.13. The summed E-state index contributed by atoms with van der Waals surface area (Å²) in [7, 11) is 0. The van der Waals surface area contributed by atoms with Crippen LogP contribution in [0.4, 0.5) is 0 Å². The summed E-state index contributed by atoms with van der Waals surface area (Å²) in [5.41, 5.74) is 0.0929. The number of hydrogen-bond acceptors (Lipinski definition) is 5. The molecule has 0 saturated carbocycles. The topological polar surface area (TPSA) is 111 Å². The Bertz CT molecular complexity index is 490. The zero-order chi connectivity index (χ0) is 13.3. The van der Waals surface area contributed by atoms with E-state index in [1.807, 2.05) is 0 Å². The van der Waals surface area contributed by atoms with Crippen molar-refractivity contribution in [3.63, 3.8) is 0 Å². The molecule has 0 bridgehead atoms. The lowest BCUT2D eigenvalue weighted by Gasteiger charge is -2.20. The Morgan fingerprint density at radius 1 is 1.39 bits per heavy atom. The molecule has 1 fully saturated rings. The fraction of sp³-hybridized carbons (Fsp3) is 0.364. The maximum absolute atomic E-state index is 12.1. The van der Waals surface area contributed by atoms with E-state index in [1.165, 1.54) is 18.5 Å². The fourth-order valence-electron chi connectivity index (χ4n) is 1.98. The molecule has 1 aromatic rings. The van der Waals surface area contributed by atoms with Gasteiger partial charge >= 0.3 is 5.97 Å².